The van der Waals surface area contributed by atoms with Crippen molar-refractivity contribution < 1.29 is 15.0 Å². The van der Waals surface area contributed by atoms with E-state index < -0.39 is 12.0 Å². The van der Waals surface area contributed by atoms with Gasteiger partial charge in [0.05, 0.1) is 0 Å². The standard InChI is InChI=1S/C11H11NO3S/c1-5-8(10(12)11(14)15)9-6(13)3-2-4-7(9)16-5/h2-4,10,13H,12H2,1H3,(H,14,15). The number of aryl methyl sites for hydroxylation is 1. The quantitative estimate of drug-likeness (QED) is 0.746. The fraction of sp³-hybridized carbons (Fsp3) is 0.182. The minimum atomic E-state index is -1.10. The number of hydrogen-bond donors (Lipinski definition) is 3. The molecule has 1 unspecified atom stereocenters. The van der Waals surface area contributed by atoms with Crippen LogP contribution in [0.15, 0.2) is 18.2 Å². The Labute approximate surface area is 95.9 Å². The number of carbonyl (C=O) groups is 1. The van der Waals surface area contributed by atoms with E-state index in [0.717, 1.165) is 9.58 Å². The first-order valence-corrected chi connectivity index (χ1v) is 5.53. The number of nitrogens with two attached hydrogens (primary N) is 1. The largest absolute Gasteiger partial charge is 0.507 e. The highest BCUT2D eigenvalue weighted by Gasteiger charge is 2.23. The maximum atomic E-state index is 10.9. The summed E-state index contributed by atoms with van der Waals surface area (Å²) in [5, 5.41) is 19.2. The maximum absolute atomic E-state index is 10.9. The summed E-state index contributed by atoms with van der Waals surface area (Å²) < 4.78 is 0.851. The van der Waals surface area contributed by atoms with E-state index in [1.54, 1.807) is 6.07 Å². The minimum Gasteiger partial charge on any atom is -0.507 e. The lowest BCUT2D eigenvalue weighted by Crippen LogP contribution is -2.20. The first-order valence-electron chi connectivity index (χ1n) is 4.71. The number of rotatable bonds is 2. The molecule has 0 amide bonds. The molecule has 0 fully saturated rings. The number of carboxylic acid groups (broad SMARTS) is 1. The topological polar surface area (TPSA) is 83.5 Å². The summed E-state index contributed by atoms with van der Waals surface area (Å²) in [5.41, 5.74) is 6.12. The van der Waals surface area contributed by atoms with E-state index in [1.165, 1.54) is 17.4 Å². The number of phenols is 1. The second-order valence-electron chi connectivity index (χ2n) is 3.54. The maximum Gasteiger partial charge on any atom is 0.325 e. The van der Waals surface area contributed by atoms with E-state index in [0.29, 0.717) is 10.9 Å². The summed E-state index contributed by atoms with van der Waals surface area (Å²) in [4.78, 5) is 11.7. The van der Waals surface area contributed by atoms with Crippen molar-refractivity contribution >= 4 is 27.4 Å². The Morgan fingerprint density at radius 3 is 2.81 bits per heavy atom. The van der Waals surface area contributed by atoms with Crippen LogP contribution in [-0.2, 0) is 4.79 Å². The summed E-state index contributed by atoms with van der Waals surface area (Å²) >= 11 is 1.44. The third kappa shape index (κ3) is 1.54. The van der Waals surface area contributed by atoms with Gasteiger partial charge < -0.3 is 15.9 Å². The molecule has 0 aliphatic rings. The fourth-order valence-electron chi connectivity index (χ4n) is 1.77. The van der Waals surface area contributed by atoms with Crippen molar-refractivity contribution in [3.63, 3.8) is 0 Å². The zero-order valence-corrected chi connectivity index (χ0v) is 9.41. The van der Waals surface area contributed by atoms with E-state index in [4.69, 9.17) is 10.8 Å². The van der Waals surface area contributed by atoms with Gasteiger partial charge in [-0.15, -0.1) is 11.3 Å². The number of hydrogen-bond acceptors (Lipinski definition) is 4. The Morgan fingerprint density at radius 2 is 2.19 bits per heavy atom. The Hall–Kier alpha value is -1.59. The number of aliphatic carboxylic acids is 1. The summed E-state index contributed by atoms with van der Waals surface area (Å²) in [5.74, 6) is -1.01. The molecule has 0 saturated carbocycles. The van der Waals surface area contributed by atoms with Crippen LogP contribution in [0.5, 0.6) is 5.75 Å². The molecule has 1 aromatic carbocycles. The Bertz CT molecular complexity index is 562. The van der Waals surface area contributed by atoms with Crippen molar-refractivity contribution in [2.45, 2.75) is 13.0 Å². The van der Waals surface area contributed by atoms with Crippen molar-refractivity contribution in [2.24, 2.45) is 5.73 Å². The molecule has 0 aliphatic heterocycles. The first kappa shape index (κ1) is 10.9. The molecule has 4 N–H and O–H groups in total. The summed E-state index contributed by atoms with van der Waals surface area (Å²) in [6, 6.07) is 4.00. The van der Waals surface area contributed by atoms with E-state index in [9.17, 15) is 9.90 Å². The Balaban J connectivity index is 2.77. The molecule has 0 bridgehead atoms. The van der Waals surface area contributed by atoms with Crippen molar-refractivity contribution in [3.05, 3.63) is 28.6 Å². The van der Waals surface area contributed by atoms with Gasteiger partial charge in [0.2, 0.25) is 0 Å². The predicted molar refractivity (Wildman–Crippen MR) is 62.8 cm³/mol. The fourth-order valence-corrected chi connectivity index (χ4v) is 2.90. The highest BCUT2D eigenvalue weighted by molar-refractivity contribution is 7.19. The van der Waals surface area contributed by atoms with Crippen molar-refractivity contribution in [1.82, 2.24) is 0 Å². The van der Waals surface area contributed by atoms with Crippen molar-refractivity contribution in [3.8, 4) is 5.75 Å². The van der Waals surface area contributed by atoms with E-state index in [2.05, 4.69) is 0 Å². The molecule has 0 radical (unpaired) electrons. The number of thiophene rings is 1. The first-order chi connectivity index (χ1) is 7.52. The molecular formula is C11H11NO3S. The van der Waals surface area contributed by atoms with Crippen LogP contribution >= 0.6 is 11.3 Å². The molecular weight excluding hydrogens is 226 g/mol. The molecule has 1 aromatic heterocycles. The van der Waals surface area contributed by atoms with E-state index >= 15 is 0 Å². The number of aromatic hydroxyl groups is 1. The molecule has 16 heavy (non-hydrogen) atoms. The smallest absolute Gasteiger partial charge is 0.325 e. The average Bonchev–Trinajstić information content (AvgIpc) is 2.54. The lowest BCUT2D eigenvalue weighted by Gasteiger charge is -2.07. The van der Waals surface area contributed by atoms with Crippen LogP contribution in [0.3, 0.4) is 0 Å². The molecule has 0 aliphatic carbocycles. The number of carboxylic acids is 1. The van der Waals surface area contributed by atoms with Crippen LogP contribution in [-0.4, -0.2) is 16.2 Å². The molecule has 2 aromatic rings. The zero-order chi connectivity index (χ0) is 11.9. The molecule has 0 saturated heterocycles. The molecule has 5 heteroatoms. The van der Waals surface area contributed by atoms with Crippen LogP contribution in [0.4, 0.5) is 0 Å². The van der Waals surface area contributed by atoms with Gasteiger partial charge in [-0.1, -0.05) is 6.07 Å². The molecule has 4 nitrogen and oxygen atoms in total. The third-order valence-electron chi connectivity index (χ3n) is 2.49. The summed E-state index contributed by atoms with van der Waals surface area (Å²) in [6.45, 7) is 1.81. The van der Waals surface area contributed by atoms with Gasteiger partial charge in [-0.3, -0.25) is 4.79 Å². The van der Waals surface area contributed by atoms with E-state index in [1.807, 2.05) is 13.0 Å². The van der Waals surface area contributed by atoms with Gasteiger partial charge in [-0.2, -0.15) is 0 Å². The molecule has 1 heterocycles. The van der Waals surface area contributed by atoms with Crippen LogP contribution in [0.1, 0.15) is 16.5 Å². The normalized spacial score (nSPS) is 12.9. The molecule has 2 rings (SSSR count). The SMILES string of the molecule is Cc1sc2cccc(O)c2c1C(N)C(=O)O. The van der Waals surface area contributed by atoms with Crippen molar-refractivity contribution in [1.29, 1.82) is 0 Å². The second kappa shape index (κ2) is 3.77. The van der Waals surface area contributed by atoms with Crippen LogP contribution < -0.4 is 5.73 Å². The van der Waals surface area contributed by atoms with Crippen LogP contribution in [0.2, 0.25) is 0 Å². The predicted octanol–water partition coefficient (Wildman–Crippen LogP) is 2.00. The number of fused-ring (bicyclic) bond motifs is 1. The number of phenolic OH excluding ortho intramolecular Hbond substituents is 1. The zero-order valence-electron chi connectivity index (χ0n) is 8.60. The van der Waals surface area contributed by atoms with E-state index in [-0.39, 0.29) is 5.75 Å². The van der Waals surface area contributed by atoms with Crippen molar-refractivity contribution in [2.75, 3.05) is 0 Å². The van der Waals surface area contributed by atoms with Gasteiger partial charge in [0, 0.05) is 20.5 Å². The second-order valence-corrected chi connectivity index (χ2v) is 4.79. The van der Waals surface area contributed by atoms with Gasteiger partial charge in [0.15, 0.2) is 0 Å². The highest BCUT2D eigenvalue weighted by atomic mass is 32.1. The Morgan fingerprint density at radius 1 is 1.50 bits per heavy atom. The van der Waals surface area contributed by atoms with Gasteiger partial charge in [0.1, 0.15) is 11.8 Å². The molecule has 0 spiro atoms. The monoisotopic (exact) mass is 237 g/mol. The van der Waals surface area contributed by atoms with Crippen LogP contribution in [0, 0.1) is 6.92 Å². The lowest BCUT2D eigenvalue weighted by atomic mass is 10.0. The van der Waals surface area contributed by atoms with Gasteiger partial charge in [0.25, 0.3) is 0 Å². The minimum absolute atomic E-state index is 0.0774. The highest BCUT2D eigenvalue weighted by Crippen LogP contribution is 2.39. The lowest BCUT2D eigenvalue weighted by molar-refractivity contribution is -0.138. The van der Waals surface area contributed by atoms with Gasteiger partial charge in [-0.25, -0.2) is 0 Å². The van der Waals surface area contributed by atoms with Gasteiger partial charge >= 0.3 is 5.97 Å². The Kier molecular flexibility index (Phi) is 2.57. The summed E-state index contributed by atoms with van der Waals surface area (Å²) in [7, 11) is 0. The average molecular weight is 237 g/mol. The molecule has 1 atom stereocenters. The third-order valence-corrected chi connectivity index (χ3v) is 3.58. The molecule has 84 valence electrons. The summed E-state index contributed by atoms with van der Waals surface area (Å²) in [6.07, 6.45) is 0. The number of benzene rings is 1. The van der Waals surface area contributed by atoms with Gasteiger partial charge in [-0.05, 0) is 19.1 Å². The van der Waals surface area contributed by atoms with Crippen LogP contribution in [0.25, 0.3) is 10.1 Å².